The normalized spacial score (nSPS) is 9.08. The molecule has 0 saturated carbocycles. The SMILES string of the molecule is CC(=O)Nc1ccccc1N=[NH2+]. The van der Waals surface area contributed by atoms with Crippen LogP contribution in [-0.4, -0.2) is 5.91 Å². The molecule has 12 heavy (non-hydrogen) atoms. The van der Waals surface area contributed by atoms with E-state index >= 15 is 0 Å². The Kier molecular flexibility index (Phi) is 2.53. The van der Waals surface area contributed by atoms with Gasteiger partial charge >= 0.3 is 0 Å². The van der Waals surface area contributed by atoms with Gasteiger partial charge in [-0.3, -0.25) is 4.79 Å². The second-order valence-corrected chi connectivity index (χ2v) is 2.33. The number of rotatable bonds is 2. The van der Waals surface area contributed by atoms with Crippen molar-refractivity contribution in [1.82, 2.24) is 0 Å². The number of carbonyl (C=O) groups excluding carboxylic acids is 1. The van der Waals surface area contributed by atoms with Crippen molar-refractivity contribution in [1.29, 1.82) is 0 Å². The van der Waals surface area contributed by atoms with E-state index in [2.05, 4.69) is 10.4 Å². The first kappa shape index (κ1) is 8.39. The third-order valence-electron chi connectivity index (χ3n) is 1.35. The molecule has 3 N–H and O–H groups in total. The summed E-state index contributed by atoms with van der Waals surface area (Å²) in [5, 5.41) is 6.12. The molecule has 0 radical (unpaired) electrons. The standard InChI is InChI=1S/C8H9N3O/c1-6(12)10-7-4-2-3-5-8(7)11-9/h2-5,9H,1H3,(H,10,12)/p+1. The molecule has 0 bridgehead atoms. The Hall–Kier alpha value is -1.71. The molecule has 1 amide bonds. The minimum Gasteiger partial charge on any atom is -0.324 e. The van der Waals surface area contributed by atoms with Crippen molar-refractivity contribution in [2.45, 2.75) is 6.92 Å². The van der Waals surface area contributed by atoms with E-state index in [4.69, 9.17) is 5.53 Å². The van der Waals surface area contributed by atoms with Gasteiger partial charge < -0.3 is 5.32 Å². The van der Waals surface area contributed by atoms with E-state index in [-0.39, 0.29) is 5.91 Å². The molecule has 0 atom stereocenters. The Morgan fingerprint density at radius 2 is 2.17 bits per heavy atom. The molecular weight excluding hydrogens is 154 g/mol. The van der Waals surface area contributed by atoms with Gasteiger partial charge in [-0.15, -0.1) is 0 Å². The topological polar surface area (TPSA) is 67.0 Å². The van der Waals surface area contributed by atoms with Crippen LogP contribution in [0.15, 0.2) is 29.4 Å². The van der Waals surface area contributed by atoms with Crippen LogP contribution < -0.4 is 10.8 Å². The lowest BCUT2D eigenvalue weighted by molar-refractivity contribution is -0.210. The van der Waals surface area contributed by atoms with Crippen LogP contribution in [0, 0.1) is 0 Å². The number of anilines is 1. The second-order valence-electron chi connectivity index (χ2n) is 2.33. The van der Waals surface area contributed by atoms with E-state index < -0.39 is 0 Å². The van der Waals surface area contributed by atoms with Crippen molar-refractivity contribution in [3.8, 4) is 0 Å². The maximum absolute atomic E-state index is 10.7. The van der Waals surface area contributed by atoms with E-state index in [9.17, 15) is 4.79 Å². The summed E-state index contributed by atoms with van der Waals surface area (Å²) in [6.07, 6.45) is 0. The van der Waals surface area contributed by atoms with E-state index in [1.165, 1.54) is 6.92 Å². The number of amides is 1. The highest BCUT2D eigenvalue weighted by atomic mass is 16.1. The Bertz CT molecular complexity index is 309. The number of hydrogen-bond donors (Lipinski definition) is 2. The van der Waals surface area contributed by atoms with Gasteiger partial charge in [0.2, 0.25) is 5.91 Å². The van der Waals surface area contributed by atoms with Gasteiger partial charge in [-0.1, -0.05) is 12.1 Å². The molecular formula is C8H10N3O+. The molecule has 1 aromatic rings. The highest BCUT2D eigenvalue weighted by molar-refractivity contribution is 5.91. The molecule has 4 nitrogen and oxygen atoms in total. The zero-order valence-corrected chi connectivity index (χ0v) is 6.74. The van der Waals surface area contributed by atoms with Crippen molar-refractivity contribution < 1.29 is 10.3 Å². The Labute approximate surface area is 70.1 Å². The fourth-order valence-corrected chi connectivity index (χ4v) is 0.882. The van der Waals surface area contributed by atoms with E-state index in [0.29, 0.717) is 11.4 Å². The molecule has 0 aliphatic rings. The van der Waals surface area contributed by atoms with Crippen molar-refractivity contribution in [3.63, 3.8) is 0 Å². The smallest absolute Gasteiger partial charge is 0.221 e. The van der Waals surface area contributed by atoms with Gasteiger partial charge in [-0.25, -0.2) is 0 Å². The first-order valence-corrected chi connectivity index (χ1v) is 3.51. The van der Waals surface area contributed by atoms with Crippen molar-refractivity contribution >= 4 is 17.3 Å². The lowest BCUT2D eigenvalue weighted by Gasteiger charge is -2.01. The molecule has 62 valence electrons. The Balaban J connectivity index is 2.96. The zero-order valence-electron chi connectivity index (χ0n) is 6.74. The monoisotopic (exact) mass is 164 g/mol. The van der Waals surface area contributed by atoms with E-state index in [1.807, 2.05) is 0 Å². The molecule has 0 fully saturated rings. The van der Waals surface area contributed by atoms with Gasteiger partial charge in [0.25, 0.3) is 0 Å². The summed E-state index contributed by atoms with van der Waals surface area (Å²) in [6, 6.07) is 7.08. The maximum atomic E-state index is 10.7. The largest absolute Gasteiger partial charge is 0.324 e. The summed E-state index contributed by atoms with van der Waals surface area (Å²) >= 11 is 0. The molecule has 1 aromatic carbocycles. The number of benzene rings is 1. The lowest BCUT2D eigenvalue weighted by Crippen LogP contribution is -2.22. The van der Waals surface area contributed by atoms with E-state index in [0.717, 1.165) is 0 Å². The summed E-state index contributed by atoms with van der Waals surface area (Å²) in [7, 11) is 0. The number of nitrogens with two attached hydrogens (primary N) is 1. The third-order valence-corrected chi connectivity index (χ3v) is 1.35. The Morgan fingerprint density at radius 1 is 1.50 bits per heavy atom. The first-order chi connectivity index (χ1) is 5.74. The molecule has 0 saturated heterocycles. The number of nitrogens with one attached hydrogen (secondary N) is 1. The van der Waals surface area contributed by atoms with Crippen LogP contribution in [0.3, 0.4) is 0 Å². The summed E-state index contributed by atoms with van der Waals surface area (Å²) in [5.41, 5.74) is 6.31. The highest BCUT2D eigenvalue weighted by Gasteiger charge is 2.02. The fourth-order valence-electron chi connectivity index (χ4n) is 0.882. The zero-order chi connectivity index (χ0) is 8.97. The number of para-hydroxylation sites is 1. The van der Waals surface area contributed by atoms with Gasteiger partial charge in [0, 0.05) is 6.92 Å². The third kappa shape index (κ3) is 1.88. The van der Waals surface area contributed by atoms with Crippen LogP contribution in [0.2, 0.25) is 0 Å². The molecule has 0 spiro atoms. The van der Waals surface area contributed by atoms with Crippen molar-refractivity contribution in [3.05, 3.63) is 24.3 Å². The van der Waals surface area contributed by atoms with Gasteiger partial charge in [0.15, 0.2) is 5.69 Å². The van der Waals surface area contributed by atoms with Crippen LogP contribution in [0.25, 0.3) is 0 Å². The van der Waals surface area contributed by atoms with Crippen molar-refractivity contribution in [2.75, 3.05) is 5.32 Å². The lowest BCUT2D eigenvalue weighted by atomic mass is 10.3. The minimum absolute atomic E-state index is 0.133. The molecule has 0 aromatic heterocycles. The quantitative estimate of drug-likeness (QED) is 0.613. The van der Waals surface area contributed by atoms with Crippen LogP contribution in [-0.2, 0) is 4.79 Å². The Morgan fingerprint density at radius 3 is 2.75 bits per heavy atom. The van der Waals surface area contributed by atoms with Crippen LogP contribution in [0.5, 0.6) is 0 Å². The highest BCUT2D eigenvalue weighted by Crippen LogP contribution is 2.22. The number of carbonyl (C=O) groups is 1. The number of hydrogen-bond acceptors (Lipinski definition) is 2. The minimum atomic E-state index is -0.133. The second kappa shape index (κ2) is 3.61. The van der Waals surface area contributed by atoms with Crippen molar-refractivity contribution in [2.24, 2.45) is 5.11 Å². The van der Waals surface area contributed by atoms with Gasteiger partial charge in [-0.05, 0) is 17.2 Å². The van der Waals surface area contributed by atoms with Gasteiger partial charge in [0.1, 0.15) is 0 Å². The maximum Gasteiger partial charge on any atom is 0.221 e. The molecule has 0 aliphatic carbocycles. The van der Waals surface area contributed by atoms with Gasteiger partial charge in [-0.2, -0.15) is 5.53 Å². The average molecular weight is 164 g/mol. The number of nitrogens with zero attached hydrogens (tertiary/aromatic N) is 1. The van der Waals surface area contributed by atoms with Crippen LogP contribution >= 0.6 is 0 Å². The van der Waals surface area contributed by atoms with Crippen LogP contribution in [0.1, 0.15) is 6.92 Å². The fraction of sp³-hybridized carbons (Fsp3) is 0.125. The molecule has 0 unspecified atom stereocenters. The average Bonchev–Trinajstić information content (AvgIpc) is 2.04. The van der Waals surface area contributed by atoms with E-state index in [1.54, 1.807) is 24.3 Å². The van der Waals surface area contributed by atoms with Gasteiger partial charge in [0.05, 0.1) is 5.69 Å². The summed E-state index contributed by atoms with van der Waals surface area (Å²) in [6.45, 7) is 1.44. The molecule has 0 heterocycles. The summed E-state index contributed by atoms with van der Waals surface area (Å²) in [5.74, 6) is -0.133. The molecule has 0 aliphatic heterocycles. The molecule has 1 rings (SSSR count). The molecule has 4 heteroatoms. The summed E-state index contributed by atoms with van der Waals surface area (Å²) in [4.78, 5) is 10.7. The predicted molar refractivity (Wildman–Crippen MR) is 44.8 cm³/mol. The summed E-state index contributed by atoms with van der Waals surface area (Å²) < 4.78 is 0. The van der Waals surface area contributed by atoms with Crippen LogP contribution in [0.4, 0.5) is 11.4 Å². The predicted octanol–water partition coefficient (Wildman–Crippen LogP) is 0.488. The first-order valence-electron chi connectivity index (χ1n) is 3.51.